The minimum Gasteiger partial charge on any atom is -0.354 e. The molecule has 0 unspecified atom stereocenters. The van der Waals surface area contributed by atoms with Gasteiger partial charge in [-0.15, -0.1) is 0 Å². The van der Waals surface area contributed by atoms with Crippen LogP contribution in [-0.4, -0.2) is 54.0 Å². The highest BCUT2D eigenvalue weighted by Gasteiger charge is 2.15. The van der Waals surface area contributed by atoms with E-state index >= 15 is 0 Å². The summed E-state index contributed by atoms with van der Waals surface area (Å²) in [5.41, 5.74) is 4.25. The van der Waals surface area contributed by atoms with Gasteiger partial charge in [0.15, 0.2) is 0 Å². The summed E-state index contributed by atoms with van der Waals surface area (Å²) < 4.78 is 0. The Bertz CT molecular complexity index is 993. The van der Waals surface area contributed by atoms with Crippen LogP contribution < -0.4 is 10.2 Å². The summed E-state index contributed by atoms with van der Waals surface area (Å²) in [7, 11) is 2.15. The third-order valence-electron chi connectivity index (χ3n) is 5.42. The van der Waals surface area contributed by atoms with Gasteiger partial charge in [0.05, 0.1) is 6.42 Å². The number of nitrogens with one attached hydrogen (secondary N) is 1. The van der Waals surface area contributed by atoms with E-state index in [9.17, 15) is 4.79 Å². The van der Waals surface area contributed by atoms with Gasteiger partial charge in [0.2, 0.25) is 5.91 Å². The van der Waals surface area contributed by atoms with Crippen LogP contribution in [0, 0.1) is 6.92 Å². The third kappa shape index (κ3) is 5.02. The summed E-state index contributed by atoms with van der Waals surface area (Å²) in [6.07, 6.45) is 3.98. The first-order valence-corrected chi connectivity index (χ1v) is 10.3. The van der Waals surface area contributed by atoms with Crippen LogP contribution in [0.2, 0.25) is 0 Å². The molecule has 154 valence electrons. The molecule has 1 aliphatic heterocycles. The predicted molar refractivity (Wildman–Crippen MR) is 121 cm³/mol. The fourth-order valence-electron chi connectivity index (χ4n) is 3.52. The predicted octanol–water partition coefficient (Wildman–Crippen LogP) is 3.39. The van der Waals surface area contributed by atoms with Crippen molar-refractivity contribution in [2.75, 3.05) is 43.4 Å². The summed E-state index contributed by atoms with van der Waals surface area (Å²) >= 11 is 0. The van der Waals surface area contributed by atoms with Gasteiger partial charge in [0.1, 0.15) is 11.6 Å². The lowest BCUT2D eigenvalue weighted by atomic mass is 10.1. The number of hydrogen-bond acceptors (Lipinski definition) is 5. The Hall–Kier alpha value is -3.25. The van der Waals surface area contributed by atoms with E-state index in [1.165, 1.54) is 5.56 Å². The zero-order valence-electron chi connectivity index (χ0n) is 17.5. The number of carbonyl (C=O) groups excluding carboxylic acids is 1. The number of likely N-dealkylation sites (N-methyl/N-ethyl adjacent to an activating group) is 1. The smallest absolute Gasteiger partial charge is 0.229 e. The molecule has 2 aromatic heterocycles. The average Bonchev–Trinajstić information content (AvgIpc) is 2.76. The Morgan fingerprint density at radius 2 is 1.73 bits per heavy atom. The second-order valence-electron chi connectivity index (χ2n) is 7.84. The van der Waals surface area contributed by atoms with Crippen molar-refractivity contribution in [3.05, 3.63) is 72.1 Å². The van der Waals surface area contributed by atoms with Crippen LogP contribution in [0.1, 0.15) is 11.1 Å². The minimum absolute atomic E-state index is 0.0691. The fourth-order valence-corrected chi connectivity index (χ4v) is 3.52. The minimum atomic E-state index is -0.0691. The molecule has 0 atom stereocenters. The zero-order valence-corrected chi connectivity index (χ0v) is 17.5. The summed E-state index contributed by atoms with van der Waals surface area (Å²) in [5.74, 6) is 1.49. The van der Waals surface area contributed by atoms with E-state index in [1.807, 2.05) is 55.6 Å². The largest absolute Gasteiger partial charge is 0.354 e. The standard InChI is InChI=1S/C24H27N5O/c1-18-3-5-19(6-4-18)15-24(30)27-22-8-7-21(17-26-22)20-9-10-25-23(16-20)29-13-11-28(2)12-14-29/h3-10,16-17H,11-15H2,1-2H3,(H,26,27,30). The normalized spacial score (nSPS) is 14.5. The monoisotopic (exact) mass is 401 g/mol. The molecule has 0 saturated carbocycles. The van der Waals surface area contributed by atoms with Crippen molar-refractivity contribution in [1.82, 2.24) is 14.9 Å². The number of hydrogen-bond donors (Lipinski definition) is 1. The number of carbonyl (C=O) groups is 1. The first kappa shape index (κ1) is 20.0. The SMILES string of the molecule is Cc1ccc(CC(=O)Nc2ccc(-c3ccnc(N4CCN(C)CC4)c3)cn2)cc1. The van der Waals surface area contributed by atoms with Gasteiger partial charge in [0, 0.05) is 44.1 Å². The molecule has 1 saturated heterocycles. The number of benzene rings is 1. The van der Waals surface area contributed by atoms with Gasteiger partial charge in [-0.25, -0.2) is 9.97 Å². The number of amides is 1. The fraction of sp³-hybridized carbons (Fsp3) is 0.292. The summed E-state index contributed by atoms with van der Waals surface area (Å²) in [5, 5.41) is 2.88. The van der Waals surface area contributed by atoms with Gasteiger partial charge in [0.25, 0.3) is 0 Å². The highest BCUT2D eigenvalue weighted by molar-refractivity contribution is 5.91. The van der Waals surface area contributed by atoms with Gasteiger partial charge in [-0.2, -0.15) is 0 Å². The molecule has 3 aromatic rings. The Morgan fingerprint density at radius 3 is 2.43 bits per heavy atom. The summed E-state index contributed by atoms with van der Waals surface area (Å²) in [4.78, 5) is 25.9. The maximum Gasteiger partial charge on any atom is 0.229 e. The van der Waals surface area contributed by atoms with Crippen LogP contribution in [0.5, 0.6) is 0 Å². The van der Waals surface area contributed by atoms with Crippen molar-refractivity contribution in [1.29, 1.82) is 0 Å². The molecule has 1 amide bonds. The summed E-state index contributed by atoms with van der Waals surface area (Å²) in [6, 6.07) is 15.9. The van der Waals surface area contributed by atoms with Crippen molar-refractivity contribution < 1.29 is 4.79 Å². The molecule has 1 fully saturated rings. The molecule has 30 heavy (non-hydrogen) atoms. The molecule has 1 N–H and O–H groups in total. The van der Waals surface area contributed by atoms with Crippen molar-refractivity contribution in [3.8, 4) is 11.1 Å². The molecule has 4 rings (SSSR count). The molecular formula is C24H27N5O. The number of aryl methyl sites for hydroxylation is 1. The average molecular weight is 402 g/mol. The van der Waals surface area contributed by atoms with E-state index in [2.05, 4.69) is 38.2 Å². The van der Waals surface area contributed by atoms with E-state index in [0.29, 0.717) is 12.2 Å². The van der Waals surface area contributed by atoms with Crippen LogP contribution in [-0.2, 0) is 11.2 Å². The molecule has 6 heteroatoms. The van der Waals surface area contributed by atoms with Crippen LogP contribution in [0.25, 0.3) is 11.1 Å². The Morgan fingerprint density at radius 1 is 0.967 bits per heavy atom. The highest BCUT2D eigenvalue weighted by Crippen LogP contribution is 2.24. The lowest BCUT2D eigenvalue weighted by Gasteiger charge is -2.33. The van der Waals surface area contributed by atoms with E-state index in [4.69, 9.17) is 0 Å². The van der Waals surface area contributed by atoms with Gasteiger partial charge in [-0.05, 0) is 49.4 Å². The van der Waals surface area contributed by atoms with E-state index in [1.54, 1.807) is 6.20 Å². The molecular weight excluding hydrogens is 374 g/mol. The summed E-state index contributed by atoms with van der Waals surface area (Å²) in [6.45, 7) is 6.09. The lowest BCUT2D eigenvalue weighted by molar-refractivity contribution is -0.115. The van der Waals surface area contributed by atoms with Crippen molar-refractivity contribution >= 4 is 17.5 Å². The number of pyridine rings is 2. The maximum absolute atomic E-state index is 12.3. The first-order chi connectivity index (χ1) is 14.6. The zero-order chi connectivity index (χ0) is 20.9. The van der Waals surface area contributed by atoms with Crippen molar-refractivity contribution in [2.24, 2.45) is 0 Å². The lowest BCUT2D eigenvalue weighted by Crippen LogP contribution is -2.44. The van der Waals surface area contributed by atoms with E-state index < -0.39 is 0 Å². The highest BCUT2D eigenvalue weighted by atomic mass is 16.1. The Labute approximate surface area is 177 Å². The molecule has 0 radical (unpaired) electrons. The maximum atomic E-state index is 12.3. The molecule has 1 aliphatic rings. The van der Waals surface area contributed by atoms with Gasteiger partial charge >= 0.3 is 0 Å². The number of piperazine rings is 1. The first-order valence-electron chi connectivity index (χ1n) is 10.3. The molecule has 0 spiro atoms. The van der Waals surface area contributed by atoms with E-state index in [-0.39, 0.29) is 5.91 Å². The Kier molecular flexibility index (Phi) is 6.05. The van der Waals surface area contributed by atoms with Crippen molar-refractivity contribution in [3.63, 3.8) is 0 Å². The van der Waals surface area contributed by atoms with Crippen LogP contribution in [0.15, 0.2) is 60.9 Å². The molecule has 3 heterocycles. The van der Waals surface area contributed by atoms with Crippen LogP contribution in [0.4, 0.5) is 11.6 Å². The Balaban J connectivity index is 1.40. The number of anilines is 2. The topological polar surface area (TPSA) is 61.4 Å². The van der Waals surface area contributed by atoms with E-state index in [0.717, 1.165) is 48.7 Å². The molecule has 0 aliphatic carbocycles. The molecule has 1 aromatic carbocycles. The molecule has 0 bridgehead atoms. The van der Waals surface area contributed by atoms with Crippen LogP contribution in [0.3, 0.4) is 0 Å². The number of nitrogens with zero attached hydrogens (tertiary/aromatic N) is 4. The second kappa shape index (κ2) is 9.05. The molecule has 6 nitrogen and oxygen atoms in total. The number of aromatic nitrogens is 2. The quantitative estimate of drug-likeness (QED) is 0.710. The van der Waals surface area contributed by atoms with Gasteiger partial charge in [-0.1, -0.05) is 29.8 Å². The van der Waals surface area contributed by atoms with Gasteiger partial charge in [-0.3, -0.25) is 4.79 Å². The third-order valence-corrected chi connectivity index (χ3v) is 5.42. The van der Waals surface area contributed by atoms with Crippen molar-refractivity contribution in [2.45, 2.75) is 13.3 Å². The number of rotatable bonds is 5. The van der Waals surface area contributed by atoms with Gasteiger partial charge < -0.3 is 15.1 Å². The van der Waals surface area contributed by atoms with Crippen LogP contribution >= 0.6 is 0 Å². The second-order valence-corrected chi connectivity index (χ2v) is 7.84.